The standard InChI is InChI=1S/C21H33NO4/c1-15(2)13-24-18-9-7-16(8-10-18)20(23)26-19-11-21(3,4)25-14-17(19)12-22(5)6/h7-10,15,17,19H,11-14H2,1-6H3/t17-,19-/m0/s1. The van der Waals surface area contributed by atoms with Crippen molar-refractivity contribution in [2.45, 2.75) is 45.8 Å². The first-order chi connectivity index (χ1) is 12.2. The molecule has 1 aliphatic heterocycles. The van der Waals surface area contributed by atoms with Crippen LogP contribution >= 0.6 is 0 Å². The molecule has 0 unspecified atom stereocenters. The van der Waals surface area contributed by atoms with Crippen LogP contribution in [0.1, 0.15) is 44.5 Å². The van der Waals surface area contributed by atoms with Gasteiger partial charge >= 0.3 is 5.97 Å². The maximum Gasteiger partial charge on any atom is 0.338 e. The van der Waals surface area contributed by atoms with Gasteiger partial charge in [0.2, 0.25) is 0 Å². The summed E-state index contributed by atoms with van der Waals surface area (Å²) in [5.41, 5.74) is 0.275. The summed E-state index contributed by atoms with van der Waals surface area (Å²) in [6.07, 6.45) is 0.554. The number of hydrogen-bond acceptors (Lipinski definition) is 5. The maximum absolute atomic E-state index is 12.6. The van der Waals surface area contributed by atoms with E-state index in [4.69, 9.17) is 14.2 Å². The average Bonchev–Trinajstić information content (AvgIpc) is 2.55. The molecule has 1 aromatic rings. The van der Waals surface area contributed by atoms with Crippen molar-refractivity contribution in [3.05, 3.63) is 29.8 Å². The molecule has 0 spiro atoms. The second kappa shape index (κ2) is 8.87. The summed E-state index contributed by atoms with van der Waals surface area (Å²) in [6, 6.07) is 7.18. The highest BCUT2D eigenvalue weighted by atomic mass is 16.6. The Labute approximate surface area is 157 Å². The quantitative estimate of drug-likeness (QED) is 0.693. The van der Waals surface area contributed by atoms with E-state index >= 15 is 0 Å². The van der Waals surface area contributed by atoms with Gasteiger partial charge in [-0.05, 0) is 58.1 Å². The molecule has 2 atom stereocenters. The van der Waals surface area contributed by atoms with E-state index < -0.39 is 0 Å². The lowest BCUT2D eigenvalue weighted by molar-refractivity contribution is -0.135. The van der Waals surface area contributed by atoms with Crippen LogP contribution in [0.3, 0.4) is 0 Å². The summed E-state index contributed by atoms with van der Waals surface area (Å²) in [5, 5.41) is 0. The second-order valence-corrected chi connectivity index (χ2v) is 8.47. The Morgan fingerprint density at radius 2 is 1.92 bits per heavy atom. The van der Waals surface area contributed by atoms with Gasteiger partial charge in [0, 0.05) is 18.9 Å². The predicted molar refractivity (Wildman–Crippen MR) is 103 cm³/mol. The minimum atomic E-state index is -0.285. The highest BCUT2D eigenvalue weighted by Crippen LogP contribution is 2.31. The predicted octanol–water partition coefficient (Wildman–Crippen LogP) is 3.62. The van der Waals surface area contributed by atoms with Crippen LogP contribution in [0.4, 0.5) is 0 Å². The fourth-order valence-corrected chi connectivity index (χ4v) is 3.08. The average molecular weight is 363 g/mol. The van der Waals surface area contributed by atoms with Gasteiger partial charge in [-0.15, -0.1) is 0 Å². The highest BCUT2D eigenvalue weighted by Gasteiger charge is 2.38. The molecule has 26 heavy (non-hydrogen) atoms. The van der Waals surface area contributed by atoms with E-state index in [1.165, 1.54) is 0 Å². The number of carbonyl (C=O) groups is 1. The van der Waals surface area contributed by atoms with E-state index in [1.807, 2.05) is 40.1 Å². The third-order valence-electron chi connectivity index (χ3n) is 4.44. The molecule has 1 aromatic carbocycles. The Balaban J connectivity index is 2.01. The van der Waals surface area contributed by atoms with Crippen molar-refractivity contribution in [1.82, 2.24) is 4.90 Å². The van der Waals surface area contributed by atoms with Crippen molar-refractivity contribution in [2.75, 3.05) is 33.9 Å². The molecule has 0 amide bonds. The zero-order chi connectivity index (χ0) is 19.3. The lowest BCUT2D eigenvalue weighted by Crippen LogP contribution is -2.48. The third kappa shape index (κ3) is 6.29. The van der Waals surface area contributed by atoms with Crippen molar-refractivity contribution < 1.29 is 19.0 Å². The molecule has 5 heteroatoms. The Hall–Kier alpha value is -1.59. The molecule has 1 heterocycles. The first-order valence-corrected chi connectivity index (χ1v) is 9.39. The van der Waals surface area contributed by atoms with Gasteiger partial charge in [-0.3, -0.25) is 0 Å². The highest BCUT2D eigenvalue weighted by molar-refractivity contribution is 5.89. The Morgan fingerprint density at radius 1 is 1.27 bits per heavy atom. The van der Waals surface area contributed by atoms with E-state index in [0.29, 0.717) is 31.1 Å². The number of rotatable bonds is 7. The third-order valence-corrected chi connectivity index (χ3v) is 4.44. The van der Waals surface area contributed by atoms with Gasteiger partial charge in [-0.2, -0.15) is 0 Å². The van der Waals surface area contributed by atoms with Crippen LogP contribution in [0.5, 0.6) is 5.75 Å². The smallest absolute Gasteiger partial charge is 0.338 e. The summed E-state index contributed by atoms with van der Waals surface area (Å²) in [5.74, 6) is 1.13. The minimum absolute atomic E-state index is 0.148. The first kappa shape index (κ1) is 20.7. The van der Waals surface area contributed by atoms with Gasteiger partial charge in [0.25, 0.3) is 0 Å². The summed E-state index contributed by atoms with van der Waals surface area (Å²) in [6.45, 7) is 10.4. The topological polar surface area (TPSA) is 48.0 Å². The summed E-state index contributed by atoms with van der Waals surface area (Å²) < 4.78 is 17.5. The zero-order valence-corrected chi connectivity index (χ0v) is 17.0. The van der Waals surface area contributed by atoms with E-state index in [2.05, 4.69) is 18.7 Å². The Kier molecular flexibility index (Phi) is 7.07. The van der Waals surface area contributed by atoms with E-state index in [-0.39, 0.29) is 23.6 Å². The number of nitrogens with zero attached hydrogens (tertiary/aromatic N) is 1. The molecule has 0 saturated carbocycles. The van der Waals surface area contributed by atoms with Gasteiger partial charge < -0.3 is 19.1 Å². The molecule has 1 saturated heterocycles. The molecule has 0 aliphatic carbocycles. The molecule has 0 N–H and O–H groups in total. The van der Waals surface area contributed by atoms with Crippen LogP contribution in [0, 0.1) is 11.8 Å². The van der Waals surface area contributed by atoms with Gasteiger partial charge in [0.1, 0.15) is 11.9 Å². The number of esters is 1. The second-order valence-electron chi connectivity index (χ2n) is 8.47. The molecular formula is C21H33NO4. The van der Waals surface area contributed by atoms with Crippen LogP contribution < -0.4 is 4.74 Å². The maximum atomic E-state index is 12.6. The van der Waals surface area contributed by atoms with Crippen LogP contribution in [0.2, 0.25) is 0 Å². The van der Waals surface area contributed by atoms with Gasteiger partial charge in [0.05, 0.1) is 24.4 Å². The van der Waals surface area contributed by atoms with Crippen molar-refractivity contribution in [1.29, 1.82) is 0 Å². The molecule has 0 radical (unpaired) electrons. The van der Waals surface area contributed by atoms with Crippen molar-refractivity contribution >= 4 is 5.97 Å². The normalized spacial score (nSPS) is 22.5. The van der Waals surface area contributed by atoms with Crippen LogP contribution in [-0.4, -0.2) is 56.4 Å². The van der Waals surface area contributed by atoms with E-state index in [0.717, 1.165) is 12.3 Å². The monoisotopic (exact) mass is 363 g/mol. The number of benzene rings is 1. The zero-order valence-electron chi connectivity index (χ0n) is 17.0. The van der Waals surface area contributed by atoms with E-state index in [1.54, 1.807) is 12.1 Å². The number of ether oxygens (including phenoxy) is 3. The molecule has 0 aromatic heterocycles. The molecule has 2 rings (SSSR count). The fraction of sp³-hybridized carbons (Fsp3) is 0.667. The van der Waals surface area contributed by atoms with Crippen LogP contribution in [-0.2, 0) is 9.47 Å². The van der Waals surface area contributed by atoms with Crippen LogP contribution in [0.15, 0.2) is 24.3 Å². The lowest BCUT2D eigenvalue weighted by atomic mass is 9.88. The molecule has 0 bridgehead atoms. The van der Waals surface area contributed by atoms with Crippen molar-refractivity contribution in [3.8, 4) is 5.75 Å². The molecule has 1 fully saturated rings. The minimum Gasteiger partial charge on any atom is -0.493 e. The summed E-state index contributed by atoms with van der Waals surface area (Å²) in [4.78, 5) is 14.7. The van der Waals surface area contributed by atoms with Gasteiger partial charge in [0.15, 0.2) is 0 Å². The van der Waals surface area contributed by atoms with Gasteiger partial charge in [-0.1, -0.05) is 13.8 Å². The summed E-state index contributed by atoms with van der Waals surface area (Å²) >= 11 is 0. The molecular weight excluding hydrogens is 330 g/mol. The van der Waals surface area contributed by atoms with Crippen LogP contribution in [0.25, 0.3) is 0 Å². The summed E-state index contributed by atoms with van der Waals surface area (Å²) in [7, 11) is 4.04. The fourth-order valence-electron chi connectivity index (χ4n) is 3.08. The Morgan fingerprint density at radius 3 is 2.50 bits per heavy atom. The van der Waals surface area contributed by atoms with Crippen molar-refractivity contribution in [3.63, 3.8) is 0 Å². The molecule has 146 valence electrons. The SMILES string of the molecule is CC(C)COc1ccc(C(=O)O[C@H]2CC(C)(C)OC[C@@H]2CN(C)C)cc1. The largest absolute Gasteiger partial charge is 0.493 e. The number of hydrogen-bond donors (Lipinski definition) is 0. The van der Waals surface area contributed by atoms with Gasteiger partial charge in [-0.25, -0.2) is 4.79 Å². The van der Waals surface area contributed by atoms with Crippen molar-refractivity contribution in [2.24, 2.45) is 11.8 Å². The molecule has 5 nitrogen and oxygen atoms in total. The Bertz CT molecular complexity index is 580. The lowest BCUT2D eigenvalue weighted by Gasteiger charge is -2.41. The first-order valence-electron chi connectivity index (χ1n) is 9.39. The molecule has 1 aliphatic rings. The number of carbonyl (C=O) groups excluding carboxylic acids is 1. The van der Waals surface area contributed by atoms with E-state index in [9.17, 15) is 4.79 Å².